The Morgan fingerprint density at radius 3 is 1.16 bits per heavy atom. The SMILES string of the molecule is c1ccc(-c2c3ccccc3c(-c3cc(-c4ccccn4)cc(-c4ccccn4)c3)c3ccccc23)cc1. The summed E-state index contributed by atoms with van der Waals surface area (Å²) >= 11 is 0. The van der Waals surface area contributed by atoms with E-state index in [2.05, 4.69) is 119 Å². The molecule has 0 atom stereocenters. The molecule has 0 aliphatic carbocycles. The number of fused-ring (bicyclic) bond motifs is 2. The van der Waals surface area contributed by atoms with Gasteiger partial charge in [-0.2, -0.15) is 0 Å². The molecule has 5 aromatic carbocycles. The molecule has 0 aliphatic heterocycles. The number of pyridine rings is 2. The van der Waals surface area contributed by atoms with Gasteiger partial charge in [-0.15, -0.1) is 0 Å². The van der Waals surface area contributed by atoms with Crippen LogP contribution in [0, 0.1) is 0 Å². The number of aromatic nitrogens is 2. The van der Waals surface area contributed by atoms with Gasteiger partial charge in [0.2, 0.25) is 0 Å². The highest BCUT2D eigenvalue weighted by molar-refractivity contribution is 6.21. The number of nitrogens with zero attached hydrogens (tertiary/aromatic N) is 2. The number of benzene rings is 5. The van der Waals surface area contributed by atoms with Gasteiger partial charge in [-0.3, -0.25) is 9.97 Å². The summed E-state index contributed by atoms with van der Waals surface area (Å²) in [6.45, 7) is 0. The van der Waals surface area contributed by atoms with Gasteiger partial charge in [0.1, 0.15) is 0 Å². The first-order valence-corrected chi connectivity index (χ1v) is 12.8. The van der Waals surface area contributed by atoms with E-state index in [9.17, 15) is 0 Å². The average Bonchev–Trinajstić information content (AvgIpc) is 3.01. The average molecular weight is 485 g/mol. The Hall–Kier alpha value is -5.08. The zero-order valence-corrected chi connectivity index (χ0v) is 20.8. The number of hydrogen-bond donors (Lipinski definition) is 0. The van der Waals surface area contributed by atoms with Gasteiger partial charge >= 0.3 is 0 Å². The monoisotopic (exact) mass is 484 g/mol. The summed E-state index contributed by atoms with van der Waals surface area (Å²) in [5.74, 6) is 0. The molecule has 0 bridgehead atoms. The van der Waals surface area contributed by atoms with Crippen LogP contribution in [-0.2, 0) is 0 Å². The molecule has 0 N–H and O–H groups in total. The summed E-state index contributed by atoms with van der Waals surface area (Å²) in [6.07, 6.45) is 3.70. The molecule has 0 aliphatic rings. The first-order chi connectivity index (χ1) is 18.9. The van der Waals surface area contributed by atoms with Crippen molar-refractivity contribution < 1.29 is 0 Å². The van der Waals surface area contributed by atoms with Crippen molar-refractivity contribution in [3.05, 3.63) is 146 Å². The van der Waals surface area contributed by atoms with Crippen molar-refractivity contribution in [2.24, 2.45) is 0 Å². The lowest BCUT2D eigenvalue weighted by molar-refractivity contribution is 1.31. The van der Waals surface area contributed by atoms with Crippen LogP contribution in [0.15, 0.2) is 146 Å². The van der Waals surface area contributed by atoms with Crippen LogP contribution in [0.4, 0.5) is 0 Å². The van der Waals surface area contributed by atoms with Crippen LogP contribution in [0.1, 0.15) is 0 Å². The minimum absolute atomic E-state index is 0.945. The Morgan fingerprint density at radius 2 is 0.711 bits per heavy atom. The van der Waals surface area contributed by atoms with Crippen molar-refractivity contribution in [2.75, 3.05) is 0 Å². The van der Waals surface area contributed by atoms with Gasteiger partial charge in [0, 0.05) is 23.5 Å². The van der Waals surface area contributed by atoms with Crippen LogP contribution in [0.25, 0.3) is 66.3 Å². The molecular weight excluding hydrogens is 460 g/mol. The van der Waals surface area contributed by atoms with Crippen LogP contribution in [0.2, 0.25) is 0 Å². The van der Waals surface area contributed by atoms with E-state index in [-0.39, 0.29) is 0 Å². The fraction of sp³-hybridized carbons (Fsp3) is 0. The summed E-state index contributed by atoms with van der Waals surface area (Å²) in [5, 5.41) is 4.95. The Balaban J connectivity index is 1.60. The van der Waals surface area contributed by atoms with Crippen molar-refractivity contribution >= 4 is 21.5 Å². The quantitative estimate of drug-likeness (QED) is 0.233. The zero-order valence-electron chi connectivity index (χ0n) is 20.8. The molecule has 2 heteroatoms. The van der Waals surface area contributed by atoms with Crippen LogP contribution >= 0.6 is 0 Å². The van der Waals surface area contributed by atoms with E-state index in [4.69, 9.17) is 0 Å². The van der Waals surface area contributed by atoms with E-state index in [0.717, 1.165) is 28.1 Å². The van der Waals surface area contributed by atoms with Gasteiger partial charge in [-0.1, -0.05) is 91.0 Å². The van der Waals surface area contributed by atoms with Crippen molar-refractivity contribution in [2.45, 2.75) is 0 Å². The summed E-state index contributed by atoms with van der Waals surface area (Å²) in [5.41, 5.74) is 8.91. The summed E-state index contributed by atoms with van der Waals surface area (Å²) < 4.78 is 0. The van der Waals surface area contributed by atoms with Crippen molar-refractivity contribution in [1.29, 1.82) is 0 Å². The molecule has 38 heavy (non-hydrogen) atoms. The third-order valence-electron chi connectivity index (χ3n) is 7.14. The predicted molar refractivity (Wildman–Crippen MR) is 159 cm³/mol. The molecule has 0 saturated carbocycles. The summed E-state index contributed by atoms with van der Waals surface area (Å²) in [7, 11) is 0. The van der Waals surface area contributed by atoms with Gasteiger partial charge in [0.05, 0.1) is 11.4 Å². The summed E-state index contributed by atoms with van der Waals surface area (Å²) in [4.78, 5) is 9.35. The number of rotatable bonds is 4. The van der Waals surface area contributed by atoms with Crippen LogP contribution in [0.3, 0.4) is 0 Å². The Labute approximate surface area is 221 Å². The van der Waals surface area contributed by atoms with Gasteiger partial charge in [0.25, 0.3) is 0 Å². The van der Waals surface area contributed by atoms with Gasteiger partial charge in [-0.25, -0.2) is 0 Å². The van der Waals surface area contributed by atoms with Crippen molar-refractivity contribution in [3.63, 3.8) is 0 Å². The third-order valence-corrected chi connectivity index (χ3v) is 7.14. The van der Waals surface area contributed by atoms with E-state index in [1.54, 1.807) is 0 Å². The van der Waals surface area contributed by atoms with E-state index in [1.807, 2.05) is 36.7 Å². The highest BCUT2D eigenvalue weighted by Crippen LogP contribution is 2.44. The van der Waals surface area contributed by atoms with Crippen LogP contribution in [-0.4, -0.2) is 9.97 Å². The molecule has 7 rings (SSSR count). The van der Waals surface area contributed by atoms with Gasteiger partial charge in [-0.05, 0) is 86.3 Å². The number of hydrogen-bond acceptors (Lipinski definition) is 2. The molecule has 0 saturated heterocycles. The summed E-state index contributed by atoms with van der Waals surface area (Å²) in [6, 6.07) is 47.1. The minimum atomic E-state index is 0.945. The van der Waals surface area contributed by atoms with E-state index in [1.165, 1.54) is 38.2 Å². The topological polar surface area (TPSA) is 25.8 Å². The first-order valence-electron chi connectivity index (χ1n) is 12.8. The molecular formula is C36H24N2. The Morgan fingerprint density at radius 1 is 0.316 bits per heavy atom. The molecule has 0 unspecified atom stereocenters. The lowest BCUT2D eigenvalue weighted by Gasteiger charge is -2.19. The fourth-order valence-electron chi connectivity index (χ4n) is 5.49. The molecule has 2 heterocycles. The standard InChI is InChI=1S/C36H24N2/c1-2-12-25(13-3-1)35-29-14-4-6-16-31(29)36(32-17-7-5-15-30(32)35)28-23-26(33-18-8-10-20-37-33)22-27(24-28)34-19-9-11-21-38-34/h1-24H. The Bertz CT molecular complexity index is 1780. The second-order valence-corrected chi connectivity index (χ2v) is 9.44. The molecule has 2 nitrogen and oxygen atoms in total. The maximum Gasteiger partial charge on any atom is 0.0702 e. The molecule has 178 valence electrons. The smallest absolute Gasteiger partial charge is 0.0702 e. The minimum Gasteiger partial charge on any atom is -0.256 e. The first kappa shape index (κ1) is 22.1. The zero-order chi connectivity index (χ0) is 25.3. The van der Waals surface area contributed by atoms with Crippen molar-refractivity contribution in [1.82, 2.24) is 9.97 Å². The molecule has 0 fully saturated rings. The van der Waals surface area contributed by atoms with Crippen molar-refractivity contribution in [3.8, 4) is 44.8 Å². The predicted octanol–water partition coefficient (Wildman–Crippen LogP) is 9.45. The molecule has 0 amide bonds. The van der Waals surface area contributed by atoms with Gasteiger partial charge < -0.3 is 0 Å². The lowest BCUT2D eigenvalue weighted by Crippen LogP contribution is -1.93. The maximum atomic E-state index is 4.68. The molecule has 7 aromatic rings. The highest BCUT2D eigenvalue weighted by Gasteiger charge is 2.18. The molecule has 2 aromatic heterocycles. The fourth-order valence-corrected chi connectivity index (χ4v) is 5.49. The van der Waals surface area contributed by atoms with E-state index in [0.29, 0.717) is 0 Å². The van der Waals surface area contributed by atoms with Crippen LogP contribution in [0.5, 0.6) is 0 Å². The van der Waals surface area contributed by atoms with E-state index >= 15 is 0 Å². The highest BCUT2D eigenvalue weighted by atomic mass is 14.7. The Kier molecular flexibility index (Phi) is 5.49. The molecule has 0 radical (unpaired) electrons. The second-order valence-electron chi connectivity index (χ2n) is 9.44. The van der Waals surface area contributed by atoms with E-state index < -0.39 is 0 Å². The van der Waals surface area contributed by atoms with Crippen LogP contribution < -0.4 is 0 Å². The normalized spacial score (nSPS) is 11.2. The largest absolute Gasteiger partial charge is 0.256 e. The third kappa shape index (κ3) is 3.84. The lowest BCUT2D eigenvalue weighted by atomic mass is 9.85. The van der Waals surface area contributed by atoms with Gasteiger partial charge in [0.15, 0.2) is 0 Å². The molecule has 0 spiro atoms. The maximum absolute atomic E-state index is 4.68. The second kappa shape index (κ2) is 9.42.